The smallest absolute Gasteiger partial charge is 0.119 e. The number of unbranched alkanes of at least 4 members (excludes halogenated alkanes) is 2. The van der Waals surface area contributed by atoms with Crippen molar-refractivity contribution >= 4 is 10.9 Å². The molecule has 1 aliphatic carbocycles. The normalized spacial score (nSPS) is 23.9. The Labute approximate surface area is 180 Å². The molecule has 2 aromatic carbocycles. The van der Waals surface area contributed by atoms with Crippen LogP contribution >= 0.6 is 0 Å². The molecule has 5 rings (SSSR count). The quantitative estimate of drug-likeness (QED) is 0.534. The van der Waals surface area contributed by atoms with E-state index >= 15 is 0 Å². The minimum Gasteiger partial charge on any atom is -0.497 e. The number of ether oxygens (including phenoxy) is 1. The molecule has 2 atom stereocenters. The van der Waals surface area contributed by atoms with Gasteiger partial charge in [0.15, 0.2) is 0 Å². The van der Waals surface area contributed by atoms with E-state index in [0.29, 0.717) is 5.92 Å². The van der Waals surface area contributed by atoms with Crippen LogP contribution in [0.25, 0.3) is 10.9 Å². The van der Waals surface area contributed by atoms with Gasteiger partial charge >= 0.3 is 0 Å². The van der Waals surface area contributed by atoms with Gasteiger partial charge in [0.05, 0.1) is 7.11 Å². The topological polar surface area (TPSA) is 28.3 Å². The Balaban J connectivity index is 1.54. The molecule has 30 heavy (non-hydrogen) atoms. The Kier molecular flexibility index (Phi) is 5.32. The van der Waals surface area contributed by atoms with Crippen molar-refractivity contribution in [1.82, 2.24) is 9.88 Å². The Hall–Kier alpha value is -2.26. The van der Waals surface area contributed by atoms with Gasteiger partial charge in [-0.15, -0.1) is 0 Å². The van der Waals surface area contributed by atoms with E-state index in [1.807, 2.05) is 0 Å². The molecule has 0 saturated carbocycles. The lowest BCUT2D eigenvalue weighted by Gasteiger charge is -2.51. The standard InChI is InChI=1S/C27H34N2O/c1-3-4-7-14-29-15-13-27(20-9-8-10-22(16-20)30-2)18-26-24(17-21(27)19-29)23-11-5-6-12-25(23)28-26/h5-6,8-12,16,21,28H,3-4,7,13-15,17-19H2,1-2H3. The summed E-state index contributed by atoms with van der Waals surface area (Å²) < 4.78 is 5.61. The number of nitrogens with one attached hydrogen (secondary N) is 1. The lowest BCUT2D eigenvalue weighted by molar-refractivity contribution is 0.0802. The highest BCUT2D eigenvalue weighted by Crippen LogP contribution is 2.49. The van der Waals surface area contributed by atoms with Gasteiger partial charge in [0.1, 0.15) is 5.75 Å². The molecule has 0 radical (unpaired) electrons. The molecule has 1 aromatic heterocycles. The molecule has 0 amide bonds. The maximum atomic E-state index is 5.61. The van der Waals surface area contributed by atoms with Crippen LogP contribution in [0.15, 0.2) is 48.5 Å². The van der Waals surface area contributed by atoms with Gasteiger partial charge < -0.3 is 14.6 Å². The van der Waals surface area contributed by atoms with Gasteiger partial charge in [-0.05, 0) is 74.0 Å². The summed E-state index contributed by atoms with van der Waals surface area (Å²) in [4.78, 5) is 6.52. The fourth-order valence-corrected chi connectivity index (χ4v) is 6.04. The number of fused-ring (bicyclic) bond motifs is 4. The van der Waals surface area contributed by atoms with Crippen LogP contribution in [0.1, 0.15) is 49.4 Å². The number of rotatable bonds is 6. The minimum absolute atomic E-state index is 0.198. The van der Waals surface area contributed by atoms with Crippen LogP contribution in [-0.2, 0) is 18.3 Å². The average Bonchev–Trinajstić information content (AvgIpc) is 3.14. The average molecular weight is 403 g/mol. The van der Waals surface area contributed by atoms with Crippen LogP contribution < -0.4 is 4.74 Å². The summed E-state index contributed by atoms with van der Waals surface area (Å²) in [6.45, 7) is 5.95. The van der Waals surface area contributed by atoms with Crippen molar-refractivity contribution in [3.63, 3.8) is 0 Å². The third-order valence-electron chi connectivity index (χ3n) is 7.70. The molecule has 3 nitrogen and oxygen atoms in total. The van der Waals surface area contributed by atoms with Gasteiger partial charge in [-0.25, -0.2) is 0 Å². The lowest BCUT2D eigenvalue weighted by Crippen LogP contribution is -2.53. The molecule has 3 aromatic rings. The molecule has 1 aliphatic heterocycles. The molecular formula is C27H34N2O. The highest BCUT2D eigenvalue weighted by molar-refractivity contribution is 5.85. The third-order valence-corrected chi connectivity index (χ3v) is 7.70. The van der Waals surface area contributed by atoms with Crippen molar-refractivity contribution in [2.75, 3.05) is 26.7 Å². The van der Waals surface area contributed by atoms with Gasteiger partial charge in [0.25, 0.3) is 0 Å². The zero-order valence-corrected chi connectivity index (χ0v) is 18.4. The molecule has 1 saturated heterocycles. The monoisotopic (exact) mass is 402 g/mol. The number of aromatic nitrogens is 1. The van der Waals surface area contributed by atoms with Gasteiger partial charge in [-0.2, -0.15) is 0 Å². The SMILES string of the molecule is CCCCCN1CCC2(c3cccc(OC)c3)Cc3[nH]c4ccccc4c3CC2C1. The van der Waals surface area contributed by atoms with Crippen molar-refractivity contribution < 1.29 is 4.74 Å². The Bertz CT molecular complexity index is 1020. The second-order valence-electron chi connectivity index (χ2n) is 9.35. The van der Waals surface area contributed by atoms with E-state index in [9.17, 15) is 0 Å². The second kappa shape index (κ2) is 8.11. The zero-order chi connectivity index (χ0) is 20.6. The van der Waals surface area contributed by atoms with Crippen LogP contribution in [0, 0.1) is 5.92 Å². The molecule has 1 N–H and O–H groups in total. The van der Waals surface area contributed by atoms with Gasteiger partial charge in [-0.1, -0.05) is 50.1 Å². The number of likely N-dealkylation sites (tertiary alicyclic amines) is 1. The minimum atomic E-state index is 0.198. The first-order valence-corrected chi connectivity index (χ1v) is 11.7. The number of benzene rings is 2. The highest BCUT2D eigenvalue weighted by atomic mass is 16.5. The lowest BCUT2D eigenvalue weighted by atomic mass is 9.58. The van der Waals surface area contributed by atoms with Gasteiger partial charge in [0.2, 0.25) is 0 Å². The molecule has 2 heterocycles. The van der Waals surface area contributed by atoms with Crippen molar-refractivity contribution in [3.05, 3.63) is 65.4 Å². The third kappa shape index (κ3) is 3.33. The fourth-order valence-electron chi connectivity index (χ4n) is 6.04. The largest absolute Gasteiger partial charge is 0.497 e. The summed E-state index contributed by atoms with van der Waals surface area (Å²) >= 11 is 0. The van der Waals surface area contributed by atoms with Crippen LogP contribution in [0.4, 0.5) is 0 Å². The summed E-state index contributed by atoms with van der Waals surface area (Å²) in [7, 11) is 1.78. The Morgan fingerprint density at radius 3 is 2.90 bits per heavy atom. The number of nitrogens with zero attached hydrogens (tertiary/aromatic N) is 1. The van der Waals surface area contributed by atoms with Crippen molar-refractivity contribution in [2.45, 2.75) is 50.9 Å². The number of hydrogen-bond acceptors (Lipinski definition) is 2. The molecule has 2 unspecified atom stereocenters. The summed E-state index contributed by atoms with van der Waals surface area (Å²) in [5, 5.41) is 1.43. The predicted octanol–water partition coefficient (Wildman–Crippen LogP) is 5.73. The molecular weight excluding hydrogens is 368 g/mol. The molecule has 0 bridgehead atoms. The van der Waals surface area contributed by atoms with Crippen molar-refractivity contribution in [3.8, 4) is 5.75 Å². The first-order valence-electron chi connectivity index (χ1n) is 11.7. The van der Waals surface area contributed by atoms with E-state index in [0.717, 1.165) is 12.2 Å². The number of aromatic amines is 1. The maximum Gasteiger partial charge on any atom is 0.119 e. The summed E-state index contributed by atoms with van der Waals surface area (Å²) in [5.74, 6) is 1.63. The summed E-state index contributed by atoms with van der Waals surface area (Å²) in [6, 6.07) is 17.7. The number of para-hydroxylation sites is 1. The van der Waals surface area contributed by atoms with Crippen LogP contribution in [0.2, 0.25) is 0 Å². The maximum absolute atomic E-state index is 5.61. The first-order chi connectivity index (χ1) is 14.7. The van der Waals surface area contributed by atoms with Crippen LogP contribution in [0.5, 0.6) is 5.75 Å². The Morgan fingerprint density at radius 1 is 1.13 bits per heavy atom. The second-order valence-corrected chi connectivity index (χ2v) is 9.35. The van der Waals surface area contributed by atoms with E-state index in [1.54, 1.807) is 12.7 Å². The Morgan fingerprint density at radius 2 is 2.03 bits per heavy atom. The molecule has 2 aliphatic rings. The number of H-pyrrole nitrogens is 1. The van der Waals surface area contributed by atoms with Gasteiger partial charge in [0, 0.05) is 28.6 Å². The number of hydrogen-bond donors (Lipinski definition) is 1. The van der Waals surface area contributed by atoms with E-state index in [4.69, 9.17) is 4.74 Å². The number of piperidine rings is 1. The molecule has 0 spiro atoms. The van der Waals surface area contributed by atoms with E-state index in [1.165, 1.54) is 73.9 Å². The van der Waals surface area contributed by atoms with E-state index in [2.05, 4.69) is 65.3 Å². The van der Waals surface area contributed by atoms with Crippen LogP contribution in [0.3, 0.4) is 0 Å². The molecule has 1 fully saturated rings. The predicted molar refractivity (Wildman–Crippen MR) is 124 cm³/mol. The van der Waals surface area contributed by atoms with Crippen molar-refractivity contribution in [2.24, 2.45) is 5.92 Å². The highest BCUT2D eigenvalue weighted by Gasteiger charge is 2.48. The molecule has 158 valence electrons. The molecule has 3 heteroatoms. The van der Waals surface area contributed by atoms with Gasteiger partial charge in [-0.3, -0.25) is 0 Å². The summed E-state index contributed by atoms with van der Waals surface area (Å²) in [6.07, 6.45) is 7.47. The van der Waals surface area contributed by atoms with Crippen LogP contribution in [-0.4, -0.2) is 36.6 Å². The fraction of sp³-hybridized carbons (Fsp3) is 0.481. The van der Waals surface area contributed by atoms with E-state index < -0.39 is 0 Å². The van der Waals surface area contributed by atoms with E-state index in [-0.39, 0.29) is 5.41 Å². The first kappa shape index (κ1) is 19.7. The number of methoxy groups -OCH3 is 1. The van der Waals surface area contributed by atoms with Crippen molar-refractivity contribution in [1.29, 1.82) is 0 Å². The summed E-state index contributed by atoms with van der Waals surface area (Å²) in [5.41, 5.74) is 5.97. The zero-order valence-electron chi connectivity index (χ0n) is 18.4.